The van der Waals surface area contributed by atoms with Crippen molar-refractivity contribution >= 4 is 0 Å². The van der Waals surface area contributed by atoms with Crippen LogP contribution in [0.5, 0.6) is 0 Å². The number of nitriles is 1. The Morgan fingerprint density at radius 1 is 0.917 bits per heavy atom. The number of hydrogen-bond acceptors (Lipinski definition) is 1. The highest BCUT2D eigenvalue weighted by atomic mass is 14.2. The summed E-state index contributed by atoms with van der Waals surface area (Å²) in [7, 11) is 0. The topological polar surface area (TPSA) is 23.8 Å². The minimum absolute atomic E-state index is 0.643. The van der Waals surface area contributed by atoms with E-state index in [-0.39, 0.29) is 0 Å². The molecule has 0 aromatic carbocycles. The molecule has 1 heteroatoms. The maximum Gasteiger partial charge on any atom is 0.0622 e. The molecule has 0 heterocycles. The van der Waals surface area contributed by atoms with Gasteiger partial charge in [-0.2, -0.15) is 5.26 Å². The van der Waals surface area contributed by atoms with E-state index in [1.165, 1.54) is 19.3 Å². The maximum atomic E-state index is 8.24. The van der Waals surface area contributed by atoms with Crippen LogP contribution >= 0.6 is 0 Å². The van der Waals surface area contributed by atoms with Crippen LogP contribution in [0.15, 0.2) is 0 Å². The molecule has 0 aliphatic rings. The van der Waals surface area contributed by atoms with Crippen LogP contribution in [-0.4, -0.2) is 0 Å². The monoisotopic (exact) mass is 163 g/mol. The molecule has 0 spiro atoms. The molecule has 0 aliphatic carbocycles. The van der Waals surface area contributed by atoms with E-state index in [1.54, 1.807) is 0 Å². The van der Waals surface area contributed by atoms with Gasteiger partial charge in [-0.1, -0.05) is 19.8 Å². The molecule has 0 N–H and O–H groups in total. The normalized spacial score (nSPS) is 8.33. The lowest BCUT2D eigenvalue weighted by atomic mass is 10.2. The van der Waals surface area contributed by atoms with E-state index in [0.717, 1.165) is 19.3 Å². The standard InChI is InChI=1S/C11H17N/c1-2-3-4-5-6-7-8-9-10-11-12/h2-5,8-10H2,1H3. The van der Waals surface area contributed by atoms with Gasteiger partial charge in [-0.3, -0.25) is 0 Å². The van der Waals surface area contributed by atoms with Crippen LogP contribution in [0, 0.1) is 23.2 Å². The van der Waals surface area contributed by atoms with Gasteiger partial charge in [0, 0.05) is 19.3 Å². The summed E-state index contributed by atoms with van der Waals surface area (Å²) in [6, 6.07) is 2.11. The van der Waals surface area contributed by atoms with Gasteiger partial charge in [0.2, 0.25) is 0 Å². The molecule has 0 saturated heterocycles. The van der Waals surface area contributed by atoms with E-state index >= 15 is 0 Å². The van der Waals surface area contributed by atoms with Crippen LogP contribution in [0.3, 0.4) is 0 Å². The molecule has 0 atom stereocenters. The first kappa shape index (κ1) is 11.1. The zero-order valence-corrected chi connectivity index (χ0v) is 7.90. The summed E-state index contributed by atoms with van der Waals surface area (Å²) in [6.07, 6.45) is 7.26. The van der Waals surface area contributed by atoms with Crippen molar-refractivity contribution in [3.05, 3.63) is 0 Å². The third-order valence-electron chi connectivity index (χ3n) is 1.62. The summed E-state index contributed by atoms with van der Waals surface area (Å²) in [5.74, 6) is 6.20. The molecule has 0 aromatic heterocycles. The fourth-order valence-corrected chi connectivity index (χ4v) is 0.896. The molecule has 66 valence electrons. The van der Waals surface area contributed by atoms with Gasteiger partial charge in [0.15, 0.2) is 0 Å². The highest BCUT2D eigenvalue weighted by molar-refractivity contribution is 4.98. The molecule has 12 heavy (non-hydrogen) atoms. The molecule has 0 radical (unpaired) electrons. The Bertz CT molecular complexity index is 177. The van der Waals surface area contributed by atoms with Gasteiger partial charge in [0.1, 0.15) is 0 Å². The van der Waals surface area contributed by atoms with Gasteiger partial charge in [0.25, 0.3) is 0 Å². The van der Waals surface area contributed by atoms with Crippen LogP contribution in [-0.2, 0) is 0 Å². The Hall–Kier alpha value is -0.950. The lowest BCUT2D eigenvalue weighted by Crippen LogP contribution is -1.72. The lowest BCUT2D eigenvalue weighted by molar-refractivity contribution is 0.736. The van der Waals surface area contributed by atoms with Crippen LogP contribution in [0.25, 0.3) is 0 Å². The van der Waals surface area contributed by atoms with Crippen LogP contribution in [0.1, 0.15) is 51.9 Å². The fourth-order valence-electron chi connectivity index (χ4n) is 0.896. The summed E-state index contributed by atoms with van der Waals surface area (Å²) in [5, 5.41) is 8.24. The van der Waals surface area contributed by atoms with Gasteiger partial charge >= 0.3 is 0 Å². The number of unbranched alkanes of at least 4 members (excludes halogenated alkanes) is 5. The van der Waals surface area contributed by atoms with Gasteiger partial charge in [-0.25, -0.2) is 0 Å². The van der Waals surface area contributed by atoms with Gasteiger partial charge in [-0.05, 0) is 12.8 Å². The number of nitrogens with zero attached hydrogens (tertiary/aromatic N) is 1. The second-order valence-corrected chi connectivity index (χ2v) is 2.82. The predicted molar refractivity (Wildman–Crippen MR) is 51.4 cm³/mol. The Labute approximate surface area is 75.8 Å². The molecular formula is C11H17N. The fraction of sp³-hybridized carbons (Fsp3) is 0.727. The Morgan fingerprint density at radius 3 is 2.17 bits per heavy atom. The van der Waals surface area contributed by atoms with Crippen LogP contribution < -0.4 is 0 Å². The second kappa shape index (κ2) is 10.0. The van der Waals surface area contributed by atoms with Crippen LogP contribution in [0.4, 0.5) is 0 Å². The first-order valence-electron chi connectivity index (χ1n) is 4.74. The molecule has 0 bridgehead atoms. The van der Waals surface area contributed by atoms with Crippen molar-refractivity contribution in [1.82, 2.24) is 0 Å². The maximum absolute atomic E-state index is 8.24. The molecule has 0 fully saturated rings. The number of hydrogen-bond donors (Lipinski definition) is 0. The molecule has 0 aliphatic heterocycles. The third-order valence-corrected chi connectivity index (χ3v) is 1.62. The molecule has 0 amide bonds. The third kappa shape index (κ3) is 9.05. The van der Waals surface area contributed by atoms with Crippen molar-refractivity contribution in [2.24, 2.45) is 0 Å². The minimum atomic E-state index is 0.643. The summed E-state index contributed by atoms with van der Waals surface area (Å²) in [5.41, 5.74) is 0. The van der Waals surface area contributed by atoms with Gasteiger partial charge < -0.3 is 0 Å². The van der Waals surface area contributed by atoms with Gasteiger partial charge in [-0.15, -0.1) is 11.8 Å². The predicted octanol–water partition coefficient (Wildman–Crippen LogP) is 3.26. The quantitative estimate of drug-likeness (QED) is 0.451. The lowest BCUT2D eigenvalue weighted by Gasteiger charge is -1.88. The number of rotatable bonds is 5. The molecule has 0 rings (SSSR count). The van der Waals surface area contributed by atoms with Crippen molar-refractivity contribution < 1.29 is 0 Å². The highest BCUT2D eigenvalue weighted by Crippen LogP contribution is 1.97. The first-order valence-corrected chi connectivity index (χ1v) is 4.74. The zero-order chi connectivity index (χ0) is 9.07. The largest absolute Gasteiger partial charge is 0.198 e. The Balaban J connectivity index is 3.07. The molecular weight excluding hydrogens is 146 g/mol. The van der Waals surface area contributed by atoms with Crippen molar-refractivity contribution in [3.8, 4) is 17.9 Å². The van der Waals surface area contributed by atoms with E-state index < -0.39 is 0 Å². The van der Waals surface area contributed by atoms with E-state index in [2.05, 4.69) is 24.8 Å². The average Bonchev–Trinajstić information content (AvgIpc) is 2.10. The summed E-state index contributed by atoms with van der Waals surface area (Å²) in [4.78, 5) is 0. The van der Waals surface area contributed by atoms with Crippen molar-refractivity contribution in [2.45, 2.75) is 51.9 Å². The SMILES string of the molecule is CCCCCC#CCCCC#N. The molecule has 0 aromatic rings. The summed E-state index contributed by atoms with van der Waals surface area (Å²) >= 11 is 0. The van der Waals surface area contributed by atoms with Crippen LogP contribution in [0.2, 0.25) is 0 Å². The van der Waals surface area contributed by atoms with E-state index in [1.807, 2.05) is 0 Å². The van der Waals surface area contributed by atoms with Crippen molar-refractivity contribution in [1.29, 1.82) is 5.26 Å². The second-order valence-electron chi connectivity index (χ2n) is 2.82. The molecule has 1 nitrogen and oxygen atoms in total. The summed E-state index contributed by atoms with van der Waals surface area (Å²) < 4.78 is 0. The summed E-state index contributed by atoms with van der Waals surface area (Å²) in [6.45, 7) is 2.19. The van der Waals surface area contributed by atoms with Crippen molar-refractivity contribution in [3.63, 3.8) is 0 Å². The molecule has 0 saturated carbocycles. The van der Waals surface area contributed by atoms with Crippen molar-refractivity contribution in [2.75, 3.05) is 0 Å². The average molecular weight is 163 g/mol. The Morgan fingerprint density at radius 2 is 1.58 bits per heavy atom. The first-order chi connectivity index (χ1) is 5.91. The highest BCUT2D eigenvalue weighted by Gasteiger charge is 1.82. The Kier molecular flexibility index (Phi) is 9.25. The minimum Gasteiger partial charge on any atom is -0.198 e. The van der Waals surface area contributed by atoms with E-state index in [4.69, 9.17) is 5.26 Å². The van der Waals surface area contributed by atoms with E-state index in [9.17, 15) is 0 Å². The zero-order valence-electron chi connectivity index (χ0n) is 7.90. The van der Waals surface area contributed by atoms with E-state index in [0.29, 0.717) is 6.42 Å². The smallest absolute Gasteiger partial charge is 0.0622 e. The van der Waals surface area contributed by atoms with Gasteiger partial charge in [0.05, 0.1) is 6.07 Å². The molecule has 0 unspecified atom stereocenters.